The second-order valence-corrected chi connectivity index (χ2v) is 4.67. The van der Waals surface area contributed by atoms with Crippen molar-refractivity contribution in [3.63, 3.8) is 0 Å². The van der Waals surface area contributed by atoms with Gasteiger partial charge in [0.05, 0.1) is 12.8 Å². The predicted molar refractivity (Wildman–Crippen MR) is 71.6 cm³/mol. The van der Waals surface area contributed by atoms with Crippen LogP contribution >= 0.6 is 11.3 Å². The molecule has 1 N–H and O–H groups in total. The van der Waals surface area contributed by atoms with Gasteiger partial charge in [0.2, 0.25) is 0 Å². The van der Waals surface area contributed by atoms with Crippen molar-refractivity contribution in [3.8, 4) is 16.3 Å². The number of methoxy groups -OCH3 is 1. The lowest BCUT2D eigenvalue weighted by Crippen LogP contribution is -2.12. The molecule has 2 rings (SSSR count). The van der Waals surface area contributed by atoms with Crippen LogP contribution in [0.15, 0.2) is 29.6 Å². The van der Waals surface area contributed by atoms with E-state index in [1.807, 2.05) is 31.3 Å². The third kappa shape index (κ3) is 2.65. The van der Waals surface area contributed by atoms with Gasteiger partial charge in [-0.2, -0.15) is 0 Å². The maximum atomic E-state index is 5.14. The molecule has 1 aromatic carbocycles. The highest BCUT2D eigenvalue weighted by Gasteiger charge is 2.09. The van der Waals surface area contributed by atoms with Crippen LogP contribution in [0, 0.1) is 0 Å². The quantitative estimate of drug-likeness (QED) is 0.902. The van der Waals surface area contributed by atoms with Crippen molar-refractivity contribution in [3.05, 3.63) is 35.3 Å². The van der Waals surface area contributed by atoms with Crippen LogP contribution in [0.25, 0.3) is 10.6 Å². The lowest BCUT2D eigenvalue weighted by molar-refractivity contribution is 0.415. The number of hydrogen-bond donors (Lipinski definition) is 1. The number of ether oxygens (including phenoxy) is 1. The molecule has 1 unspecified atom stereocenters. The van der Waals surface area contributed by atoms with Crippen molar-refractivity contribution < 1.29 is 4.74 Å². The molecule has 3 nitrogen and oxygen atoms in total. The first-order valence-electron chi connectivity index (χ1n) is 5.51. The Hall–Kier alpha value is -1.39. The van der Waals surface area contributed by atoms with E-state index in [-0.39, 0.29) is 0 Å². The molecule has 4 heteroatoms. The summed E-state index contributed by atoms with van der Waals surface area (Å²) in [5, 5.41) is 6.33. The first kappa shape index (κ1) is 12.1. The highest BCUT2D eigenvalue weighted by atomic mass is 32.1. The Morgan fingerprint density at radius 1 is 1.29 bits per heavy atom. The van der Waals surface area contributed by atoms with E-state index in [4.69, 9.17) is 4.74 Å². The Kier molecular flexibility index (Phi) is 3.76. The van der Waals surface area contributed by atoms with E-state index in [9.17, 15) is 0 Å². The average molecular weight is 248 g/mol. The topological polar surface area (TPSA) is 34.1 Å². The molecule has 0 aliphatic carbocycles. The minimum atomic E-state index is 0.290. The van der Waals surface area contributed by atoms with E-state index in [1.54, 1.807) is 18.4 Å². The van der Waals surface area contributed by atoms with Gasteiger partial charge in [-0.25, -0.2) is 4.98 Å². The molecule has 0 fully saturated rings. The summed E-state index contributed by atoms with van der Waals surface area (Å²) < 4.78 is 5.14. The van der Waals surface area contributed by atoms with Gasteiger partial charge in [0.15, 0.2) is 0 Å². The number of benzene rings is 1. The lowest BCUT2D eigenvalue weighted by atomic mass is 10.2. The number of thiazole rings is 1. The summed E-state index contributed by atoms with van der Waals surface area (Å²) in [5.74, 6) is 0.870. The smallest absolute Gasteiger partial charge is 0.123 e. The molecule has 0 aliphatic heterocycles. The summed E-state index contributed by atoms with van der Waals surface area (Å²) in [7, 11) is 3.61. The molecular formula is C13H16N2OS. The van der Waals surface area contributed by atoms with E-state index in [1.165, 1.54) is 0 Å². The van der Waals surface area contributed by atoms with E-state index < -0.39 is 0 Å². The van der Waals surface area contributed by atoms with Crippen LogP contribution in [0.5, 0.6) is 5.75 Å². The molecule has 0 amide bonds. The fraction of sp³-hybridized carbons (Fsp3) is 0.308. The van der Waals surface area contributed by atoms with Crippen LogP contribution in [0.3, 0.4) is 0 Å². The van der Waals surface area contributed by atoms with Crippen molar-refractivity contribution in [1.82, 2.24) is 10.3 Å². The Labute approximate surface area is 105 Å². The van der Waals surface area contributed by atoms with Crippen LogP contribution in [-0.2, 0) is 0 Å². The molecule has 0 saturated carbocycles. The molecule has 1 atom stereocenters. The third-order valence-electron chi connectivity index (χ3n) is 2.74. The van der Waals surface area contributed by atoms with Gasteiger partial charge >= 0.3 is 0 Å². The van der Waals surface area contributed by atoms with Gasteiger partial charge in [0, 0.05) is 17.0 Å². The highest BCUT2D eigenvalue weighted by Crippen LogP contribution is 2.27. The number of nitrogens with zero attached hydrogens (tertiary/aromatic N) is 1. The molecule has 17 heavy (non-hydrogen) atoms. The molecule has 2 aromatic rings. The summed E-state index contributed by atoms with van der Waals surface area (Å²) in [6.45, 7) is 2.10. The van der Waals surface area contributed by atoms with Crippen molar-refractivity contribution >= 4 is 11.3 Å². The van der Waals surface area contributed by atoms with Gasteiger partial charge in [-0.05, 0) is 38.2 Å². The highest BCUT2D eigenvalue weighted by molar-refractivity contribution is 7.13. The minimum absolute atomic E-state index is 0.290. The maximum absolute atomic E-state index is 5.14. The van der Waals surface area contributed by atoms with E-state index in [2.05, 4.69) is 22.6 Å². The third-order valence-corrected chi connectivity index (χ3v) is 3.65. The van der Waals surface area contributed by atoms with Gasteiger partial charge in [-0.1, -0.05) is 0 Å². The van der Waals surface area contributed by atoms with Gasteiger partial charge in [-0.15, -0.1) is 11.3 Å². The zero-order valence-electron chi connectivity index (χ0n) is 10.2. The molecule has 0 bridgehead atoms. The normalized spacial score (nSPS) is 12.4. The number of hydrogen-bond acceptors (Lipinski definition) is 4. The largest absolute Gasteiger partial charge is 0.497 e. The van der Waals surface area contributed by atoms with Crippen molar-refractivity contribution in [1.29, 1.82) is 0 Å². The second-order valence-electron chi connectivity index (χ2n) is 3.82. The molecule has 0 aliphatic rings. The summed E-state index contributed by atoms with van der Waals surface area (Å²) in [6, 6.07) is 8.27. The fourth-order valence-electron chi connectivity index (χ4n) is 1.50. The molecule has 0 saturated heterocycles. The predicted octanol–water partition coefficient (Wildman–Crippen LogP) is 3.10. The van der Waals surface area contributed by atoms with Crippen LogP contribution < -0.4 is 10.1 Å². The standard InChI is InChI=1S/C13H16N2OS/c1-9(14-2)12-8-17-13(15-12)10-4-6-11(16-3)7-5-10/h4-9,14H,1-3H3. The zero-order chi connectivity index (χ0) is 12.3. The summed E-state index contributed by atoms with van der Waals surface area (Å²) >= 11 is 1.67. The van der Waals surface area contributed by atoms with E-state index >= 15 is 0 Å². The Morgan fingerprint density at radius 2 is 2.00 bits per heavy atom. The average Bonchev–Trinajstić information content (AvgIpc) is 2.87. The van der Waals surface area contributed by atoms with E-state index in [0.717, 1.165) is 22.0 Å². The van der Waals surface area contributed by atoms with Crippen LogP contribution in [0.4, 0.5) is 0 Å². The maximum Gasteiger partial charge on any atom is 0.123 e. The number of aromatic nitrogens is 1. The molecule has 1 aromatic heterocycles. The molecule has 0 radical (unpaired) electrons. The minimum Gasteiger partial charge on any atom is -0.497 e. The second kappa shape index (κ2) is 5.29. The summed E-state index contributed by atoms with van der Waals surface area (Å²) in [5.41, 5.74) is 2.22. The molecule has 0 spiro atoms. The first-order chi connectivity index (χ1) is 8.24. The van der Waals surface area contributed by atoms with Crippen LogP contribution in [0.1, 0.15) is 18.7 Å². The zero-order valence-corrected chi connectivity index (χ0v) is 11.0. The first-order valence-corrected chi connectivity index (χ1v) is 6.39. The van der Waals surface area contributed by atoms with Crippen molar-refractivity contribution in [2.75, 3.05) is 14.2 Å². The van der Waals surface area contributed by atoms with Crippen LogP contribution in [-0.4, -0.2) is 19.1 Å². The van der Waals surface area contributed by atoms with Crippen LogP contribution in [0.2, 0.25) is 0 Å². The van der Waals surface area contributed by atoms with Gasteiger partial charge in [0.1, 0.15) is 10.8 Å². The number of rotatable bonds is 4. The molecule has 90 valence electrons. The summed E-state index contributed by atoms with van der Waals surface area (Å²) in [4.78, 5) is 4.62. The lowest BCUT2D eigenvalue weighted by Gasteiger charge is -2.05. The summed E-state index contributed by atoms with van der Waals surface area (Å²) in [6.07, 6.45) is 0. The van der Waals surface area contributed by atoms with Crippen molar-refractivity contribution in [2.45, 2.75) is 13.0 Å². The van der Waals surface area contributed by atoms with Crippen molar-refractivity contribution in [2.24, 2.45) is 0 Å². The SMILES string of the molecule is CNC(C)c1csc(-c2ccc(OC)cc2)n1. The Balaban J connectivity index is 2.24. The molecular weight excluding hydrogens is 232 g/mol. The van der Waals surface area contributed by atoms with E-state index in [0.29, 0.717) is 6.04 Å². The fourth-order valence-corrected chi connectivity index (χ4v) is 2.42. The Morgan fingerprint density at radius 3 is 2.59 bits per heavy atom. The van der Waals surface area contributed by atoms with Gasteiger partial charge in [0.25, 0.3) is 0 Å². The van der Waals surface area contributed by atoms with Gasteiger partial charge < -0.3 is 10.1 Å². The Bertz CT molecular complexity index is 478. The number of nitrogens with one attached hydrogen (secondary N) is 1. The monoisotopic (exact) mass is 248 g/mol. The van der Waals surface area contributed by atoms with Gasteiger partial charge in [-0.3, -0.25) is 0 Å². The molecule has 1 heterocycles.